The van der Waals surface area contributed by atoms with Gasteiger partial charge in [-0.15, -0.1) is 4.91 Å². The van der Waals surface area contributed by atoms with E-state index in [4.69, 9.17) is 0 Å². The van der Waals surface area contributed by atoms with E-state index in [-0.39, 0.29) is 6.03 Å². The number of nitroso groups, excluding NO2 is 1. The first-order valence-corrected chi connectivity index (χ1v) is 9.92. The smallest absolute Gasteiger partial charge is 0.318 e. The molecule has 1 aliphatic heterocycles. The van der Waals surface area contributed by atoms with Gasteiger partial charge in [0.1, 0.15) is 12.3 Å². The fourth-order valence-corrected chi connectivity index (χ4v) is 2.98. The number of nitrogens with zero attached hydrogens (tertiary/aromatic N) is 2. The monoisotopic (exact) mass is 388 g/mol. The summed E-state index contributed by atoms with van der Waals surface area (Å²) < 4.78 is 2.00. The lowest BCUT2D eigenvalue weighted by atomic mass is 10.1. The van der Waals surface area contributed by atoms with E-state index in [9.17, 15) is 14.5 Å². The highest BCUT2D eigenvalue weighted by atomic mass is 32.2. The van der Waals surface area contributed by atoms with Gasteiger partial charge in [0.15, 0.2) is 0 Å². The van der Waals surface area contributed by atoms with Crippen molar-refractivity contribution in [3.05, 3.63) is 4.91 Å². The van der Waals surface area contributed by atoms with Gasteiger partial charge in [-0.25, -0.2) is 4.79 Å². The van der Waals surface area contributed by atoms with Crippen molar-refractivity contribution in [3.8, 4) is 0 Å². The summed E-state index contributed by atoms with van der Waals surface area (Å²) >= 11 is 0.754. The van der Waals surface area contributed by atoms with Crippen molar-refractivity contribution < 1.29 is 9.59 Å². The lowest BCUT2D eigenvalue weighted by Crippen LogP contribution is -2.54. The number of nitrogens with one attached hydrogen (secondary N) is 4. The van der Waals surface area contributed by atoms with Crippen LogP contribution >= 0.6 is 11.9 Å². The molecule has 1 aliphatic rings. The number of hydrogen-bond acceptors (Lipinski definition) is 8. The molecule has 1 heterocycles. The predicted molar refractivity (Wildman–Crippen MR) is 105 cm³/mol. The van der Waals surface area contributed by atoms with Crippen LogP contribution in [0.2, 0.25) is 0 Å². The van der Waals surface area contributed by atoms with Gasteiger partial charge in [0, 0.05) is 49.3 Å². The molecule has 1 atom stereocenters. The largest absolute Gasteiger partial charge is 0.327 e. The van der Waals surface area contributed by atoms with Crippen molar-refractivity contribution in [1.29, 1.82) is 0 Å². The van der Waals surface area contributed by atoms with Crippen LogP contribution in [-0.2, 0) is 4.79 Å². The standard InChI is InChI=1S/C16H32N6O3S/c1-16(2,26-21-25)14(13-23)20-15(24)22-11-4-7-18-9-8-17-5-3-6-19-10-12-22/h13-14,17-19H,3-12H2,1-2H3,(H,20,24). The summed E-state index contributed by atoms with van der Waals surface area (Å²) in [6.45, 7) is 9.79. The molecule has 0 radical (unpaired) electrons. The highest BCUT2D eigenvalue weighted by Gasteiger charge is 2.33. The molecule has 150 valence electrons. The van der Waals surface area contributed by atoms with Crippen LogP contribution in [0.15, 0.2) is 4.58 Å². The Morgan fingerprint density at radius 1 is 1.08 bits per heavy atom. The molecule has 2 amide bonds. The van der Waals surface area contributed by atoms with E-state index in [1.807, 2.05) is 0 Å². The van der Waals surface area contributed by atoms with E-state index in [2.05, 4.69) is 25.8 Å². The normalized spacial score (nSPS) is 19.8. The maximum atomic E-state index is 12.6. The predicted octanol–water partition coefficient (Wildman–Crippen LogP) is 0.321. The molecule has 0 bridgehead atoms. The molecule has 1 saturated heterocycles. The Balaban J connectivity index is 2.61. The maximum absolute atomic E-state index is 12.6. The Morgan fingerprint density at radius 2 is 1.69 bits per heavy atom. The minimum absolute atomic E-state index is 0.294. The lowest BCUT2D eigenvalue weighted by Gasteiger charge is -2.30. The number of urea groups is 1. The molecule has 0 saturated carbocycles. The molecule has 26 heavy (non-hydrogen) atoms. The van der Waals surface area contributed by atoms with Gasteiger partial charge in [-0.1, -0.05) is 0 Å². The zero-order chi connectivity index (χ0) is 19.3. The van der Waals surface area contributed by atoms with Gasteiger partial charge in [0.2, 0.25) is 0 Å². The minimum Gasteiger partial charge on any atom is -0.327 e. The van der Waals surface area contributed by atoms with Crippen LogP contribution in [0, 0.1) is 4.91 Å². The molecule has 0 aliphatic carbocycles. The van der Waals surface area contributed by atoms with E-state index in [0.29, 0.717) is 25.9 Å². The first kappa shape index (κ1) is 22.8. The van der Waals surface area contributed by atoms with E-state index in [1.54, 1.807) is 18.7 Å². The third kappa shape index (κ3) is 8.93. The molecule has 0 spiro atoms. The highest BCUT2D eigenvalue weighted by molar-refractivity contribution is 7.99. The zero-order valence-electron chi connectivity index (χ0n) is 15.8. The van der Waals surface area contributed by atoms with Crippen LogP contribution in [0.25, 0.3) is 0 Å². The number of carbonyl (C=O) groups is 2. The zero-order valence-corrected chi connectivity index (χ0v) is 16.6. The van der Waals surface area contributed by atoms with E-state index >= 15 is 0 Å². The van der Waals surface area contributed by atoms with E-state index in [0.717, 1.165) is 57.5 Å². The van der Waals surface area contributed by atoms with Gasteiger partial charge in [-0.05, 0) is 46.3 Å². The Kier molecular flexibility index (Phi) is 11.4. The first-order valence-electron chi connectivity index (χ1n) is 9.15. The number of carbonyl (C=O) groups excluding carboxylic acids is 2. The van der Waals surface area contributed by atoms with Crippen LogP contribution < -0.4 is 21.3 Å². The molecule has 0 aromatic carbocycles. The van der Waals surface area contributed by atoms with Crippen LogP contribution in [0.5, 0.6) is 0 Å². The molecule has 0 aromatic heterocycles. The fraction of sp³-hybridized carbons (Fsp3) is 0.875. The van der Waals surface area contributed by atoms with Crippen LogP contribution in [0.3, 0.4) is 0 Å². The van der Waals surface area contributed by atoms with Gasteiger partial charge in [-0.2, -0.15) is 0 Å². The second kappa shape index (κ2) is 13.0. The first-order chi connectivity index (χ1) is 12.5. The molecule has 10 heteroatoms. The number of amides is 2. The molecular weight excluding hydrogens is 356 g/mol. The van der Waals surface area contributed by atoms with Crippen LogP contribution in [0.1, 0.15) is 26.7 Å². The van der Waals surface area contributed by atoms with Crippen molar-refractivity contribution in [2.75, 3.05) is 52.4 Å². The Labute approximate surface area is 159 Å². The van der Waals surface area contributed by atoms with Crippen molar-refractivity contribution in [2.45, 2.75) is 37.5 Å². The molecular formula is C16H32N6O3S. The molecule has 1 unspecified atom stereocenters. The van der Waals surface area contributed by atoms with Gasteiger partial charge in [0.05, 0.1) is 4.75 Å². The molecule has 0 aromatic rings. The summed E-state index contributed by atoms with van der Waals surface area (Å²) in [5, 5.41) is 12.8. The summed E-state index contributed by atoms with van der Waals surface area (Å²) in [4.78, 5) is 36.3. The summed E-state index contributed by atoms with van der Waals surface area (Å²) in [6, 6.07) is -1.08. The number of aldehydes is 1. The van der Waals surface area contributed by atoms with Gasteiger partial charge in [-0.3, -0.25) is 0 Å². The van der Waals surface area contributed by atoms with Crippen molar-refractivity contribution in [3.63, 3.8) is 0 Å². The average Bonchev–Trinajstić information content (AvgIpc) is 2.61. The van der Waals surface area contributed by atoms with Gasteiger partial charge in [0.25, 0.3) is 0 Å². The summed E-state index contributed by atoms with van der Waals surface area (Å²) in [6.07, 6.45) is 2.52. The SMILES string of the molecule is CC(C)(SN=O)C(C=O)NC(=O)N1CCCNCCNCCCNCC1. The Morgan fingerprint density at radius 3 is 2.31 bits per heavy atom. The summed E-state index contributed by atoms with van der Waals surface area (Å²) in [5.41, 5.74) is 0. The molecule has 9 nitrogen and oxygen atoms in total. The van der Waals surface area contributed by atoms with Crippen LogP contribution in [-0.4, -0.2) is 80.4 Å². The number of rotatable bonds is 5. The van der Waals surface area contributed by atoms with Crippen molar-refractivity contribution in [1.82, 2.24) is 26.2 Å². The number of hydrogen-bond donors (Lipinski definition) is 4. The summed E-state index contributed by atoms with van der Waals surface area (Å²) in [7, 11) is 0. The third-order valence-corrected chi connectivity index (χ3v) is 5.05. The van der Waals surface area contributed by atoms with Gasteiger partial charge >= 0.3 is 6.03 Å². The summed E-state index contributed by atoms with van der Waals surface area (Å²) in [5.74, 6) is 0. The van der Waals surface area contributed by atoms with Crippen molar-refractivity contribution in [2.24, 2.45) is 4.58 Å². The highest BCUT2D eigenvalue weighted by Crippen LogP contribution is 2.28. The molecule has 4 N–H and O–H groups in total. The minimum atomic E-state index is -0.797. The average molecular weight is 389 g/mol. The molecule has 1 rings (SSSR count). The van der Waals surface area contributed by atoms with Crippen molar-refractivity contribution >= 4 is 24.3 Å². The van der Waals surface area contributed by atoms with E-state index in [1.165, 1.54) is 0 Å². The second-order valence-electron chi connectivity index (χ2n) is 6.78. The van der Waals surface area contributed by atoms with Crippen LogP contribution in [0.4, 0.5) is 4.79 Å². The third-order valence-electron chi connectivity index (χ3n) is 4.25. The Bertz CT molecular complexity index is 424. The van der Waals surface area contributed by atoms with E-state index < -0.39 is 10.8 Å². The lowest BCUT2D eigenvalue weighted by molar-refractivity contribution is -0.109. The molecule has 1 fully saturated rings. The maximum Gasteiger partial charge on any atom is 0.318 e. The fourth-order valence-electron chi connectivity index (χ4n) is 2.56. The quantitative estimate of drug-likeness (QED) is 0.305. The van der Waals surface area contributed by atoms with Gasteiger partial charge < -0.3 is 31.0 Å². The Hall–Kier alpha value is -1.23. The topological polar surface area (TPSA) is 115 Å². The second-order valence-corrected chi connectivity index (χ2v) is 8.16.